The summed E-state index contributed by atoms with van der Waals surface area (Å²) in [5, 5.41) is 16.3. The van der Waals surface area contributed by atoms with Crippen LogP contribution in [-0.4, -0.2) is 33.4 Å². The summed E-state index contributed by atoms with van der Waals surface area (Å²) in [6.45, 7) is 0. The first kappa shape index (κ1) is 17.1. The number of aliphatic carboxylic acids is 1. The van der Waals surface area contributed by atoms with Crippen LogP contribution in [0.3, 0.4) is 0 Å². The molecule has 0 radical (unpaired) electrons. The number of thioether (sulfide) groups is 1. The van der Waals surface area contributed by atoms with E-state index in [1.54, 1.807) is 0 Å². The van der Waals surface area contributed by atoms with Gasteiger partial charge >= 0.3 is 12.3 Å². The number of halogens is 3. The van der Waals surface area contributed by atoms with E-state index in [0.717, 1.165) is 12.1 Å². The zero-order valence-corrected chi connectivity index (χ0v) is 12.4. The maximum Gasteiger partial charge on any atom is 0.573 e. The van der Waals surface area contributed by atoms with E-state index in [-0.39, 0.29) is 23.3 Å². The van der Waals surface area contributed by atoms with Crippen LogP contribution in [-0.2, 0) is 4.79 Å². The highest BCUT2D eigenvalue weighted by Crippen LogP contribution is 2.27. The highest BCUT2D eigenvalue weighted by atomic mass is 32.2. The predicted molar refractivity (Wildman–Crippen MR) is 74.0 cm³/mol. The molecule has 0 aliphatic heterocycles. The van der Waals surface area contributed by atoms with Gasteiger partial charge in [0.2, 0.25) is 5.89 Å². The lowest BCUT2D eigenvalue weighted by atomic mass is 10.2. The second kappa shape index (κ2) is 7.36. The van der Waals surface area contributed by atoms with Gasteiger partial charge in [-0.3, -0.25) is 4.79 Å². The topological polar surface area (TPSA) is 85.5 Å². The molecule has 0 fully saturated rings. The van der Waals surface area contributed by atoms with Gasteiger partial charge in [0.05, 0.1) is 0 Å². The van der Waals surface area contributed by atoms with E-state index >= 15 is 0 Å². The maximum absolute atomic E-state index is 12.1. The van der Waals surface area contributed by atoms with Gasteiger partial charge < -0.3 is 14.3 Å². The van der Waals surface area contributed by atoms with Gasteiger partial charge in [-0.2, -0.15) is 0 Å². The number of benzene rings is 1. The van der Waals surface area contributed by atoms with Crippen molar-refractivity contribution in [3.63, 3.8) is 0 Å². The highest BCUT2D eigenvalue weighted by molar-refractivity contribution is 7.99. The molecule has 1 aromatic heterocycles. The summed E-state index contributed by atoms with van der Waals surface area (Å²) in [6, 6.07) is 5.03. The zero-order chi connectivity index (χ0) is 16.9. The van der Waals surface area contributed by atoms with Crippen molar-refractivity contribution in [2.24, 2.45) is 0 Å². The molecule has 2 aromatic rings. The fourth-order valence-corrected chi connectivity index (χ4v) is 2.27. The molecule has 6 nitrogen and oxygen atoms in total. The Bertz CT molecular complexity index is 658. The number of nitrogens with zero attached hydrogens (tertiary/aromatic N) is 2. The van der Waals surface area contributed by atoms with E-state index in [1.165, 1.54) is 23.9 Å². The van der Waals surface area contributed by atoms with E-state index in [9.17, 15) is 18.0 Å². The third-order valence-electron chi connectivity index (χ3n) is 2.50. The highest BCUT2D eigenvalue weighted by Gasteiger charge is 2.31. The molecule has 0 amide bonds. The normalized spacial score (nSPS) is 11.4. The van der Waals surface area contributed by atoms with E-state index in [2.05, 4.69) is 14.9 Å². The fourth-order valence-electron chi connectivity index (χ4n) is 1.57. The minimum atomic E-state index is -4.74. The van der Waals surface area contributed by atoms with Crippen LogP contribution in [0.15, 0.2) is 33.9 Å². The molecule has 0 unspecified atom stereocenters. The molecule has 0 aliphatic rings. The molecule has 1 N–H and O–H groups in total. The average molecular weight is 348 g/mol. The third kappa shape index (κ3) is 5.81. The lowest BCUT2D eigenvalue weighted by Gasteiger charge is -2.08. The summed E-state index contributed by atoms with van der Waals surface area (Å²) in [7, 11) is 0. The van der Waals surface area contributed by atoms with Crippen molar-refractivity contribution in [2.75, 3.05) is 5.75 Å². The van der Waals surface area contributed by atoms with Crippen molar-refractivity contribution in [1.82, 2.24) is 10.2 Å². The standard InChI is InChI=1S/C13H11F3N2O4S/c14-13(15,16)22-9-5-3-8(4-6-9)11-17-18-12(21-11)23-7-1-2-10(19)20/h3-6H,1-2,7H2,(H,19,20). The molecular weight excluding hydrogens is 337 g/mol. The fraction of sp³-hybridized carbons (Fsp3) is 0.308. The SMILES string of the molecule is O=C(O)CCCSc1nnc(-c2ccc(OC(F)(F)F)cc2)o1. The number of alkyl halides is 3. The van der Waals surface area contributed by atoms with Gasteiger partial charge in [-0.05, 0) is 30.7 Å². The van der Waals surface area contributed by atoms with Crippen LogP contribution in [0.25, 0.3) is 11.5 Å². The van der Waals surface area contributed by atoms with Gasteiger partial charge in [-0.1, -0.05) is 11.8 Å². The first-order valence-electron chi connectivity index (χ1n) is 6.38. The smallest absolute Gasteiger partial charge is 0.481 e. The molecule has 0 spiro atoms. The number of rotatable bonds is 7. The van der Waals surface area contributed by atoms with Crippen molar-refractivity contribution < 1.29 is 32.2 Å². The molecule has 10 heteroatoms. The number of aromatic nitrogens is 2. The molecule has 1 heterocycles. The number of ether oxygens (including phenoxy) is 1. The van der Waals surface area contributed by atoms with Crippen LogP contribution in [0, 0.1) is 0 Å². The first-order chi connectivity index (χ1) is 10.8. The van der Waals surface area contributed by atoms with Crippen LogP contribution in [0.5, 0.6) is 5.75 Å². The average Bonchev–Trinajstić information content (AvgIpc) is 2.91. The predicted octanol–water partition coefficient (Wildman–Crippen LogP) is 3.59. The summed E-state index contributed by atoms with van der Waals surface area (Å²) in [6.07, 6.45) is -4.23. The first-order valence-corrected chi connectivity index (χ1v) is 7.36. The van der Waals surface area contributed by atoms with Crippen LogP contribution < -0.4 is 4.74 Å². The van der Waals surface area contributed by atoms with E-state index < -0.39 is 12.3 Å². The van der Waals surface area contributed by atoms with Gasteiger partial charge in [0.1, 0.15) is 5.75 Å². The number of carboxylic acid groups (broad SMARTS) is 1. The second-order valence-electron chi connectivity index (χ2n) is 4.29. The minimum absolute atomic E-state index is 0.0503. The number of carboxylic acids is 1. The molecular formula is C13H11F3N2O4S. The van der Waals surface area contributed by atoms with Gasteiger partial charge in [-0.15, -0.1) is 23.4 Å². The molecule has 0 saturated carbocycles. The Morgan fingerprint density at radius 2 is 1.96 bits per heavy atom. The van der Waals surface area contributed by atoms with Crippen molar-refractivity contribution in [1.29, 1.82) is 0 Å². The van der Waals surface area contributed by atoms with Crippen LogP contribution in [0.4, 0.5) is 13.2 Å². The Kier molecular flexibility index (Phi) is 5.48. The Morgan fingerprint density at radius 1 is 1.26 bits per heavy atom. The van der Waals surface area contributed by atoms with Gasteiger partial charge in [0.15, 0.2) is 0 Å². The van der Waals surface area contributed by atoms with Crippen LogP contribution >= 0.6 is 11.8 Å². The van der Waals surface area contributed by atoms with Gasteiger partial charge in [0, 0.05) is 17.7 Å². The largest absolute Gasteiger partial charge is 0.573 e. The van der Waals surface area contributed by atoms with Gasteiger partial charge in [0.25, 0.3) is 5.22 Å². The summed E-state index contributed by atoms with van der Waals surface area (Å²) >= 11 is 1.21. The summed E-state index contributed by atoms with van der Waals surface area (Å²) < 4.78 is 45.3. The minimum Gasteiger partial charge on any atom is -0.481 e. The summed E-state index contributed by atoms with van der Waals surface area (Å²) in [5.41, 5.74) is 0.449. The van der Waals surface area contributed by atoms with Gasteiger partial charge in [-0.25, -0.2) is 0 Å². The summed E-state index contributed by atoms with van der Waals surface area (Å²) in [5.74, 6) is -0.557. The number of hydrogen-bond donors (Lipinski definition) is 1. The number of carbonyl (C=O) groups is 1. The summed E-state index contributed by atoms with van der Waals surface area (Å²) in [4.78, 5) is 10.4. The number of hydrogen-bond acceptors (Lipinski definition) is 6. The maximum atomic E-state index is 12.1. The Labute approximate surface area is 132 Å². The van der Waals surface area contributed by atoms with Crippen LogP contribution in [0.1, 0.15) is 12.8 Å². The quantitative estimate of drug-likeness (QED) is 0.604. The lowest BCUT2D eigenvalue weighted by Crippen LogP contribution is -2.16. The van der Waals surface area contributed by atoms with E-state index in [4.69, 9.17) is 9.52 Å². The molecule has 0 aliphatic carbocycles. The van der Waals surface area contributed by atoms with E-state index in [1.807, 2.05) is 0 Å². The molecule has 0 saturated heterocycles. The molecule has 1 aromatic carbocycles. The van der Waals surface area contributed by atoms with Crippen LogP contribution in [0.2, 0.25) is 0 Å². The molecule has 124 valence electrons. The molecule has 23 heavy (non-hydrogen) atoms. The molecule has 0 bridgehead atoms. The second-order valence-corrected chi connectivity index (χ2v) is 5.34. The Hall–Kier alpha value is -2.23. The molecule has 0 atom stereocenters. The van der Waals surface area contributed by atoms with Crippen molar-refractivity contribution >= 4 is 17.7 Å². The van der Waals surface area contributed by atoms with Crippen molar-refractivity contribution in [2.45, 2.75) is 24.4 Å². The Morgan fingerprint density at radius 3 is 2.57 bits per heavy atom. The molecule has 2 rings (SSSR count). The monoisotopic (exact) mass is 348 g/mol. The Balaban J connectivity index is 1.93. The zero-order valence-electron chi connectivity index (χ0n) is 11.5. The third-order valence-corrected chi connectivity index (χ3v) is 3.41. The van der Waals surface area contributed by atoms with E-state index in [0.29, 0.717) is 17.7 Å². The lowest BCUT2D eigenvalue weighted by molar-refractivity contribution is -0.274. The van der Waals surface area contributed by atoms with Crippen molar-refractivity contribution in [3.8, 4) is 17.2 Å². The van der Waals surface area contributed by atoms with Crippen molar-refractivity contribution in [3.05, 3.63) is 24.3 Å².